The molecule has 1 aliphatic rings. The summed E-state index contributed by atoms with van der Waals surface area (Å²) in [5.41, 5.74) is 1.52. The summed E-state index contributed by atoms with van der Waals surface area (Å²) in [6.07, 6.45) is 0.576. The third kappa shape index (κ3) is 3.76. The molecule has 1 aromatic carbocycles. The summed E-state index contributed by atoms with van der Waals surface area (Å²) in [6, 6.07) is 7.38. The molecule has 8 heteroatoms. The fourth-order valence-electron chi connectivity index (χ4n) is 2.57. The molecule has 2 heterocycles. The summed E-state index contributed by atoms with van der Waals surface area (Å²) < 4.78 is 35.7. The zero-order valence-electron chi connectivity index (χ0n) is 12.3. The lowest BCUT2D eigenvalue weighted by molar-refractivity contribution is 0.0943. The standard InChI is InChI=1S/C15H16FN3O3S/c16-12-3-1-11(2-4-12)13-7-14(19-18-13)15(20)17-8-10-5-6-23(21,22)9-10/h1-4,7,10H,5-6,8-9H2,(H,17,20)(H,18,19)/t10-/m0/s1. The minimum absolute atomic E-state index is 0.0385. The van der Waals surface area contributed by atoms with Crippen molar-refractivity contribution in [2.24, 2.45) is 5.92 Å². The minimum atomic E-state index is -2.95. The molecule has 1 fully saturated rings. The van der Waals surface area contributed by atoms with Crippen molar-refractivity contribution < 1.29 is 17.6 Å². The first-order valence-electron chi connectivity index (χ1n) is 7.23. The molecule has 23 heavy (non-hydrogen) atoms. The number of sulfone groups is 1. The van der Waals surface area contributed by atoms with Gasteiger partial charge in [0.2, 0.25) is 0 Å². The second-order valence-electron chi connectivity index (χ2n) is 5.65. The van der Waals surface area contributed by atoms with Gasteiger partial charge in [-0.05, 0) is 42.7 Å². The molecule has 0 bridgehead atoms. The van der Waals surface area contributed by atoms with Crippen LogP contribution in [-0.2, 0) is 9.84 Å². The topological polar surface area (TPSA) is 91.9 Å². The molecule has 1 aliphatic heterocycles. The Hall–Kier alpha value is -2.22. The van der Waals surface area contributed by atoms with Crippen LogP contribution < -0.4 is 5.32 Å². The normalized spacial score (nSPS) is 19.6. The van der Waals surface area contributed by atoms with Crippen molar-refractivity contribution in [3.05, 3.63) is 41.8 Å². The lowest BCUT2D eigenvalue weighted by Crippen LogP contribution is -2.30. The summed E-state index contributed by atoms with van der Waals surface area (Å²) in [5, 5.41) is 9.39. The molecule has 3 rings (SSSR count). The Bertz CT molecular complexity index is 815. The molecule has 0 unspecified atom stereocenters. The number of hydrogen-bond acceptors (Lipinski definition) is 4. The molecule has 2 N–H and O–H groups in total. The largest absolute Gasteiger partial charge is 0.350 e. The van der Waals surface area contributed by atoms with E-state index >= 15 is 0 Å². The zero-order valence-corrected chi connectivity index (χ0v) is 13.1. The number of H-pyrrole nitrogens is 1. The molecule has 0 radical (unpaired) electrons. The molecule has 6 nitrogen and oxygen atoms in total. The number of benzene rings is 1. The van der Waals surface area contributed by atoms with Gasteiger partial charge in [0.15, 0.2) is 9.84 Å². The van der Waals surface area contributed by atoms with Gasteiger partial charge < -0.3 is 5.32 Å². The van der Waals surface area contributed by atoms with Gasteiger partial charge in [-0.15, -0.1) is 0 Å². The fourth-order valence-corrected chi connectivity index (χ4v) is 4.43. The first-order chi connectivity index (χ1) is 10.9. The van der Waals surface area contributed by atoms with Crippen molar-refractivity contribution in [1.29, 1.82) is 0 Å². The van der Waals surface area contributed by atoms with Crippen LogP contribution in [0.15, 0.2) is 30.3 Å². The smallest absolute Gasteiger partial charge is 0.269 e. The van der Waals surface area contributed by atoms with Crippen molar-refractivity contribution in [1.82, 2.24) is 15.5 Å². The second-order valence-corrected chi connectivity index (χ2v) is 7.88. The highest BCUT2D eigenvalue weighted by Gasteiger charge is 2.28. The zero-order chi connectivity index (χ0) is 16.4. The number of halogens is 1. The first kappa shape index (κ1) is 15.7. The number of amides is 1. The van der Waals surface area contributed by atoms with Crippen LogP contribution in [0.3, 0.4) is 0 Å². The van der Waals surface area contributed by atoms with E-state index in [1.807, 2.05) is 0 Å². The van der Waals surface area contributed by atoms with Crippen LogP contribution in [0.2, 0.25) is 0 Å². The van der Waals surface area contributed by atoms with Gasteiger partial charge >= 0.3 is 0 Å². The van der Waals surface area contributed by atoms with Gasteiger partial charge in [-0.2, -0.15) is 5.10 Å². The summed E-state index contributed by atoms with van der Waals surface area (Å²) in [7, 11) is -2.95. The van der Waals surface area contributed by atoms with Crippen LogP contribution in [0.1, 0.15) is 16.9 Å². The fraction of sp³-hybridized carbons (Fsp3) is 0.333. The van der Waals surface area contributed by atoms with Crippen LogP contribution >= 0.6 is 0 Å². The maximum atomic E-state index is 12.9. The van der Waals surface area contributed by atoms with Crippen molar-refractivity contribution in [2.45, 2.75) is 6.42 Å². The molecule has 122 valence electrons. The quantitative estimate of drug-likeness (QED) is 0.882. The minimum Gasteiger partial charge on any atom is -0.350 e. The molecule has 0 saturated carbocycles. The average molecular weight is 337 g/mol. The van der Waals surface area contributed by atoms with E-state index in [-0.39, 0.29) is 34.8 Å². The molecular weight excluding hydrogens is 321 g/mol. The highest BCUT2D eigenvalue weighted by Crippen LogP contribution is 2.19. The number of hydrogen-bond donors (Lipinski definition) is 2. The van der Waals surface area contributed by atoms with E-state index in [4.69, 9.17) is 0 Å². The van der Waals surface area contributed by atoms with E-state index in [2.05, 4.69) is 15.5 Å². The summed E-state index contributed by atoms with van der Waals surface area (Å²) in [5.74, 6) is -0.406. The number of nitrogens with one attached hydrogen (secondary N) is 2. The average Bonchev–Trinajstić information content (AvgIpc) is 3.12. The molecule has 2 aromatic rings. The highest BCUT2D eigenvalue weighted by molar-refractivity contribution is 7.91. The molecule has 1 saturated heterocycles. The summed E-state index contributed by atoms with van der Waals surface area (Å²) in [6.45, 7) is 0.322. The highest BCUT2D eigenvalue weighted by atomic mass is 32.2. The van der Waals surface area contributed by atoms with E-state index in [9.17, 15) is 17.6 Å². The number of nitrogens with zero attached hydrogens (tertiary/aromatic N) is 1. The summed E-state index contributed by atoms with van der Waals surface area (Å²) >= 11 is 0. The van der Waals surface area contributed by atoms with Gasteiger partial charge in [0.1, 0.15) is 11.5 Å². The van der Waals surface area contributed by atoms with Crippen LogP contribution in [-0.4, -0.2) is 42.6 Å². The van der Waals surface area contributed by atoms with Crippen LogP contribution in [0.5, 0.6) is 0 Å². The first-order valence-corrected chi connectivity index (χ1v) is 9.05. The number of carbonyl (C=O) groups excluding carboxylic acids is 1. The molecular formula is C15H16FN3O3S. The maximum absolute atomic E-state index is 12.9. The lowest BCUT2D eigenvalue weighted by Gasteiger charge is -2.08. The van der Waals surface area contributed by atoms with Crippen molar-refractivity contribution in [2.75, 3.05) is 18.1 Å². The van der Waals surface area contributed by atoms with Crippen LogP contribution in [0.4, 0.5) is 4.39 Å². The lowest BCUT2D eigenvalue weighted by atomic mass is 10.1. The Kier molecular flexibility index (Phi) is 4.16. The van der Waals surface area contributed by atoms with E-state index < -0.39 is 9.84 Å². The van der Waals surface area contributed by atoms with E-state index in [0.717, 1.165) is 0 Å². The SMILES string of the molecule is O=C(NC[C@@H]1CCS(=O)(=O)C1)c1cc(-c2ccc(F)cc2)n[nH]1. The van der Waals surface area contributed by atoms with E-state index in [0.29, 0.717) is 24.2 Å². The summed E-state index contributed by atoms with van der Waals surface area (Å²) in [4.78, 5) is 12.1. The Morgan fingerprint density at radius 1 is 1.35 bits per heavy atom. The molecule has 1 aromatic heterocycles. The van der Waals surface area contributed by atoms with Gasteiger partial charge in [-0.25, -0.2) is 12.8 Å². The third-order valence-corrected chi connectivity index (χ3v) is 5.68. The maximum Gasteiger partial charge on any atom is 0.269 e. The number of rotatable bonds is 4. The number of carbonyl (C=O) groups is 1. The molecule has 1 amide bonds. The van der Waals surface area contributed by atoms with Crippen LogP contribution in [0.25, 0.3) is 11.3 Å². The molecule has 0 aliphatic carbocycles. The Morgan fingerprint density at radius 2 is 2.09 bits per heavy atom. The number of aromatic nitrogens is 2. The number of aromatic amines is 1. The van der Waals surface area contributed by atoms with Crippen molar-refractivity contribution in [3.8, 4) is 11.3 Å². The predicted octanol–water partition coefficient (Wildman–Crippen LogP) is 1.38. The van der Waals surface area contributed by atoms with E-state index in [1.165, 1.54) is 12.1 Å². The van der Waals surface area contributed by atoms with Crippen molar-refractivity contribution >= 4 is 15.7 Å². The van der Waals surface area contributed by atoms with Gasteiger partial charge in [-0.1, -0.05) is 0 Å². The predicted molar refractivity (Wildman–Crippen MR) is 83.1 cm³/mol. The van der Waals surface area contributed by atoms with Crippen LogP contribution in [0, 0.1) is 11.7 Å². The Balaban J connectivity index is 1.61. The molecule has 1 atom stereocenters. The Morgan fingerprint density at radius 3 is 2.74 bits per heavy atom. The van der Waals surface area contributed by atoms with E-state index in [1.54, 1.807) is 18.2 Å². The van der Waals surface area contributed by atoms with Crippen molar-refractivity contribution in [3.63, 3.8) is 0 Å². The second kappa shape index (κ2) is 6.11. The molecule has 0 spiro atoms. The Labute approximate surface area is 133 Å². The van der Waals surface area contributed by atoms with Gasteiger partial charge in [0, 0.05) is 12.1 Å². The van der Waals surface area contributed by atoms with Gasteiger partial charge in [0.05, 0.1) is 17.2 Å². The monoisotopic (exact) mass is 337 g/mol. The van der Waals surface area contributed by atoms with Gasteiger partial charge in [-0.3, -0.25) is 9.89 Å². The van der Waals surface area contributed by atoms with Gasteiger partial charge in [0.25, 0.3) is 5.91 Å². The third-order valence-electron chi connectivity index (χ3n) is 3.84.